The van der Waals surface area contributed by atoms with Gasteiger partial charge in [0.1, 0.15) is 0 Å². The SMILES string of the molecule is CN1CCC(C(=O)NC2C=CC(C(=O)Nc3ccccc3)=CC2)CC1. The topological polar surface area (TPSA) is 61.4 Å². The standard InChI is InChI=1S/C20H25N3O2/c1-23-13-11-16(12-14-23)20(25)22-18-9-7-15(8-10-18)19(24)21-17-5-3-2-4-6-17/h2-9,16,18H,10-14H2,1H3,(H,21,24)(H,22,25). The van der Waals surface area contributed by atoms with Gasteiger partial charge in [-0.05, 0) is 51.5 Å². The maximum absolute atomic E-state index is 12.4. The number of nitrogens with zero attached hydrogens (tertiary/aromatic N) is 1. The van der Waals surface area contributed by atoms with Gasteiger partial charge >= 0.3 is 0 Å². The van der Waals surface area contributed by atoms with Crippen LogP contribution >= 0.6 is 0 Å². The fourth-order valence-corrected chi connectivity index (χ4v) is 3.19. The fraction of sp³-hybridized carbons (Fsp3) is 0.400. The fourth-order valence-electron chi connectivity index (χ4n) is 3.19. The highest BCUT2D eigenvalue weighted by Crippen LogP contribution is 2.18. The van der Waals surface area contributed by atoms with Gasteiger partial charge in [-0.2, -0.15) is 0 Å². The first kappa shape index (κ1) is 17.4. The van der Waals surface area contributed by atoms with Crippen molar-refractivity contribution in [2.45, 2.75) is 25.3 Å². The van der Waals surface area contributed by atoms with Gasteiger partial charge in [0.2, 0.25) is 5.91 Å². The second-order valence-corrected chi connectivity index (χ2v) is 6.77. The Morgan fingerprint density at radius 2 is 1.84 bits per heavy atom. The van der Waals surface area contributed by atoms with Gasteiger partial charge in [0, 0.05) is 17.2 Å². The second-order valence-electron chi connectivity index (χ2n) is 6.77. The molecule has 0 radical (unpaired) electrons. The van der Waals surface area contributed by atoms with Crippen molar-refractivity contribution in [2.75, 3.05) is 25.5 Å². The van der Waals surface area contributed by atoms with Crippen LogP contribution in [0.25, 0.3) is 0 Å². The van der Waals surface area contributed by atoms with Crippen molar-refractivity contribution in [3.05, 3.63) is 54.1 Å². The van der Waals surface area contributed by atoms with Crippen LogP contribution in [0.3, 0.4) is 0 Å². The molecule has 1 aromatic rings. The van der Waals surface area contributed by atoms with Crippen LogP contribution in [0.15, 0.2) is 54.1 Å². The van der Waals surface area contributed by atoms with E-state index in [0.717, 1.165) is 31.6 Å². The monoisotopic (exact) mass is 339 g/mol. The van der Waals surface area contributed by atoms with Crippen molar-refractivity contribution >= 4 is 17.5 Å². The zero-order chi connectivity index (χ0) is 17.6. The van der Waals surface area contributed by atoms with Gasteiger partial charge in [-0.3, -0.25) is 9.59 Å². The number of hydrogen-bond donors (Lipinski definition) is 2. The molecule has 1 unspecified atom stereocenters. The van der Waals surface area contributed by atoms with E-state index in [1.807, 2.05) is 42.5 Å². The minimum absolute atomic E-state index is 0.0274. The number of anilines is 1. The first-order valence-corrected chi connectivity index (χ1v) is 8.85. The Morgan fingerprint density at radius 1 is 1.12 bits per heavy atom. The lowest BCUT2D eigenvalue weighted by molar-refractivity contribution is -0.126. The number of piperidine rings is 1. The molecule has 1 aliphatic carbocycles. The highest BCUT2D eigenvalue weighted by molar-refractivity contribution is 6.05. The lowest BCUT2D eigenvalue weighted by Gasteiger charge is -2.29. The third-order valence-corrected chi connectivity index (χ3v) is 4.81. The number of benzene rings is 1. The summed E-state index contributed by atoms with van der Waals surface area (Å²) in [6, 6.07) is 9.36. The van der Waals surface area contributed by atoms with E-state index in [1.54, 1.807) is 6.08 Å². The normalized spacial score (nSPS) is 21.5. The van der Waals surface area contributed by atoms with E-state index in [2.05, 4.69) is 22.6 Å². The van der Waals surface area contributed by atoms with Gasteiger partial charge in [-0.25, -0.2) is 0 Å². The predicted molar refractivity (Wildman–Crippen MR) is 99.1 cm³/mol. The first-order valence-electron chi connectivity index (χ1n) is 8.85. The van der Waals surface area contributed by atoms with E-state index < -0.39 is 0 Å². The van der Waals surface area contributed by atoms with Gasteiger partial charge < -0.3 is 15.5 Å². The van der Waals surface area contributed by atoms with Crippen LogP contribution in [0.2, 0.25) is 0 Å². The molecule has 0 spiro atoms. The lowest BCUT2D eigenvalue weighted by atomic mass is 9.95. The zero-order valence-corrected chi connectivity index (χ0v) is 14.6. The average Bonchev–Trinajstić information content (AvgIpc) is 2.63. The van der Waals surface area contributed by atoms with Crippen LogP contribution in [-0.4, -0.2) is 42.9 Å². The van der Waals surface area contributed by atoms with E-state index >= 15 is 0 Å². The smallest absolute Gasteiger partial charge is 0.255 e. The van der Waals surface area contributed by atoms with Crippen molar-refractivity contribution in [3.8, 4) is 0 Å². The Kier molecular flexibility index (Phi) is 5.66. The molecule has 2 amide bonds. The molecule has 1 saturated heterocycles. The summed E-state index contributed by atoms with van der Waals surface area (Å²) < 4.78 is 0. The summed E-state index contributed by atoms with van der Waals surface area (Å²) in [6.45, 7) is 1.95. The number of likely N-dealkylation sites (tertiary alicyclic amines) is 1. The minimum atomic E-state index is -0.123. The quantitative estimate of drug-likeness (QED) is 0.885. The van der Waals surface area contributed by atoms with Crippen molar-refractivity contribution in [1.82, 2.24) is 10.2 Å². The molecule has 5 heteroatoms. The van der Waals surface area contributed by atoms with E-state index in [9.17, 15) is 9.59 Å². The average molecular weight is 339 g/mol. The molecule has 0 aromatic heterocycles. The number of carbonyl (C=O) groups is 2. The summed E-state index contributed by atoms with van der Waals surface area (Å²) in [5.41, 5.74) is 1.41. The third kappa shape index (κ3) is 4.79. The van der Waals surface area contributed by atoms with E-state index in [-0.39, 0.29) is 23.8 Å². The molecule has 1 heterocycles. The summed E-state index contributed by atoms with van der Waals surface area (Å²) in [6.07, 6.45) is 8.07. The Bertz CT molecular complexity index is 673. The molecule has 0 bridgehead atoms. The van der Waals surface area contributed by atoms with E-state index in [0.29, 0.717) is 12.0 Å². The number of amides is 2. The number of para-hydroxylation sites is 1. The van der Waals surface area contributed by atoms with Crippen LogP contribution in [0.1, 0.15) is 19.3 Å². The highest BCUT2D eigenvalue weighted by atomic mass is 16.2. The molecule has 1 aliphatic heterocycles. The molecule has 1 aromatic carbocycles. The van der Waals surface area contributed by atoms with Gasteiger partial charge in [0.25, 0.3) is 5.91 Å². The summed E-state index contributed by atoms with van der Waals surface area (Å²) in [4.78, 5) is 26.9. The highest BCUT2D eigenvalue weighted by Gasteiger charge is 2.25. The largest absolute Gasteiger partial charge is 0.349 e. The Balaban J connectivity index is 1.48. The molecule has 0 saturated carbocycles. The number of hydrogen-bond acceptors (Lipinski definition) is 3. The van der Waals surface area contributed by atoms with Gasteiger partial charge in [0.15, 0.2) is 0 Å². The predicted octanol–water partition coefficient (Wildman–Crippen LogP) is 2.34. The molecular formula is C20H25N3O2. The molecule has 5 nitrogen and oxygen atoms in total. The Labute approximate surface area is 148 Å². The van der Waals surface area contributed by atoms with Crippen LogP contribution in [0.5, 0.6) is 0 Å². The number of nitrogens with one attached hydrogen (secondary N) is 2. The summed E-state index contributed by atoms with van der Waals surface area (Å²) in [5.74, 6) is 0.118. The maximum Gasteiger partial charge on any atom is 0.255 e. The van der Waals surface area contributed by atoms with Crippen molar-refractivity contribution in [2.24, 2.45) is 5.92 Å². The van der Waals surface area contributed by atoms with Crippen LogP contribution in [0, 0.1) is 5.92 Å². The second kappa shape index (κ2) is 8.12. The van der Waals surface area contributed by atoms with E-state index in [1.165, 1.54) is 0 Å². The molecule has 2 N–H and O–H groups in total. The zero-order valence-electron chi connectivity index (χ0n) is 14.6. The van der Waals surface area contributed by atoms with E-state index in [4.69, 9.17) is 0 Å². The first-order chi connectivity index (χ1) is 12.1. The van der Waals surface area contributed by atoms with Crippen LogP contribution < -0.4 is 10.6 Å². The molecule has 3 rings (SSSR count). The van der Waals surface area contributed by atoms with Crippen molar-refractivity contribution < 1.29 is 9.59 Å². The lowest BCUT2D eigenvalue weighted by Crippen LogP contribution is -2.42. The number of carbonyl (C=O) groups excluding carboxylic acids is 2. The van der Waals surface area contributed by atoms with Crippen LogP contribution in [0.4, 0.5) is 5.69 Å². The minimum Gasteiger partial charge on any atom is -0.349 e. The molecular weight excluding hydrogens is 314 g/mol. The molecule has 1 atom stereocenters. The summed E-state index contributed by atoms with van der Waals surface area (Å²) in [5, 5.41) is 5.96. The maximum atomic E-state index is 12.4. The van der Waals surface area contributed by atoms with Gasteiger partial charge in [0.05, 0.1) is 6.04 Å². The molecule has 25 heavy (non-hydrogen) atoms. The molecule has 1 fully saturated rings. The summed E-state index contributed by atoms with van der Waals surface area (Å²) in [7, 11) is 2.09. The van der Waals surface area contributed by atoms with Crippen molar-refractivity contribution in [1.29, 1.82) is 0 Å². The van der Waals surface area contributed by atoms with Gasteiger partial charge in [-0.15, -0.1) is 0 Å². The molecule has 2 aliphatic rings. The Hall–Kier alpha value is -2.40. The van der Waals surface area contributed by atoms with Crippen molar-refractivity contribution in [3.63, 3.8) is 0 Å². The third-order valence-electron chi connectivity index (χ3n) is 4.81. The van der Waals surface area contributed by atoms with Crippen LogP contribution in [-0.2, 0) is 9.59 Å². The summed E-state index contributed by atoms with van der Waals surface area (Å²) >= 11 is 0. The number of rotatable bonds is 4. The Morgan fingerprint density at radius 3 is 2.48 bits per heavy atom. The van der Waals surface area contributed by atoms with Gasteiger partial charge in [-0.1, -0.05) is 36.4 Å². The molecule has 132 valence electrons.